The first-order valence-electron chi connectivity index (χ1n) is 7.41. The maximum absolute atomic E-state index is 12.9. The zero-order valence-electron chi connectivity index (χ0n) is 12.4. The lowest BCUT2D eigenvalue weighted by Gasteiger charge is -2.26. The summed E-state index contributed by atoms with van der Waals surface area (Å²) < 4.78 is 5.72. The summed E-state index contributed by atoms with van der Waals surface area (Å²) in [5.74, 6) is -1.65. The van der Waals surface area contributed by atoms with E-state index in [-0.39, 0.29) is 18.4 Å². The number of imide groups is 1. The summed E-state index contributed by atoms with van der Waals surface area (Å²) in [4.78, 5) is 26.9. The molecule has 3 aliphatic rings. The molecule has 114 valence electrons. The van der Waals surface area contributed by atoms with Gasteiger partial charge < -0.3 is 9.84 Å². The first-order chi connectivity index (χ1) is 10.5. The zero-order chi connectivity index (χ0) is 15.6. The number of aliphatic hydroxyl groups is 1. The van der Waals surface area contributed by atoms with Crippen LogP contribution in [0.2, 0.25) is 0 Å². The van der Waals surface area contributed by atoms with Crippen molar-refractivity contribution in [3.63, 3.8) is 0 Å². The monoisotopic (exact) mass is 299 g/mol. The second-order valence-corrected chi connectivity index (χ2v) is 6.36. The fraction of sp³-hybridized carbons (Fsp3) is 0.412. The molecule has 3 aliphatic heterocycles. The van der Waals surface area contributed by atoms with Gasteiger partial charge in [-0.3, -0.25) is 9.59 Å². The van der Waals surface area contributed by atoms with Gasteiger partial charge in [-0.15, -0.1) is 0 Å². The van der Waals surface area contributed by atoms with Crippen LogP contribution in [0.15, 0.2) is 30.4 Å². The molecule has 4 rings (SSSR count). The Hall–Kier alpha value is -1.98. The molecule has 0 radical (unpaired) electrons. The highest BCUT2D eigenvalue weighted by molar-refractivity contribution is 6.23. The number of carbonyl (C=O) groups is 2. The maximum atomic E-state index is 12.9. The summed E-state index contributed by atoms with van der Waals surface area (Å²) in [6.07, 6.45) is 3.10. The molecule has 0 aliphatic carbocycles. The first-order valence-corrected chi connectivity index (χ1v) is 7.41. The van der Waals surface area contributed by atoms with Gasteiger partial charge >= 0.3 is 0 Å². The third-order valence-corrected chi connectivity index (χ3v) is 5.00. The highest BCUT2D eigenvalue weighted by Crippen LogP contribution is 2.52. The van der Waals surface area contributed by atoms with E-state index in [0.717, 1.165) is 11.1 Å². The van der Waals surface area contributed by atoms with Crippen molar-refractivity contribution in [3.8, 4) is 0 Å². The van der Waals surface area contributed by atoms with Crippen molar-refractivity contribution in [1.29, 1.82) is 0 Å². The molecule has 2 saturated heterocycles. The van der Waals surface area contributed by atoms with Crippen molar-refractivity contribution in [2.45, 2.75) is 25.6 Å². The van der Waals surface area contributed by atoms with Crippen molar-refractivity contribution in [3.05, 3.63) is 41.5 Å². The van der Waals surface area contributed by atoms with E-state index in [2.05, 4.69) is 0 Å². The summed E-state index contributed by atoms with van der Waals surface area (Å²) in [5, 5.41) is 9.68. The van der Waals surface area contributed by atoms with Crippen molar-refractivity contribution < 1.29 is 19.4 Å². The molecule has 1 aromatic rings. The molecule has 5 heteroatoms. The first kappa shape index (κ1) is 13.7. The predicted molar refractivity (Wildman–Crippen MR) is 79.2 cm³/mol. The van der Waals surface area contributed by atoms with Crippen LogP contribution in [0.3, 0.4) is 0 Å². The normalized spacial score (nSPS) is 35.6. The van der Waals surface area contributed by atoms with Gasteiger partial charge in [-0.1, -0.05) is 29.8 Å². The van der Waals surface area contributed by atoms with Crippen LogP contribution in [0.4, 0.5) is 5.69 Å². The Morgan fingerprint density at radius 3 is 2.73 bits per heavy atom. The Balaban J connectivity index is 1.79. The van der Waals surface area contributed by atoms with E-state index in [1.165, 1.54) is 4.90 Å². The van der Waals surface area contributed by atoms with E-state index in [9.17, 15) is 14.7 Å². The lowest BCUT2D eigenvalue weighted by Crippen LogP contribution is -2.43. The molecule has 0 saturated carbocycles. The lowest BCUT2D eigenvalue weighted by atomic mass is 9.77. The van der Waals surface area contributed by atoms with Gasteiger partial charge in [-0.05, 0) is 25.5 Å². The van der Waals surface area contributed by atoms with E-state index >= 15 is 0 Å². The van der Waals surface area contributed by atoms with E-state index in [0.29, 0.717) is 5.69 Å². The number of aryl methyl sites for hydroxylation is 2. The van der Waals surface area contributed by atoms with Crippen molar-refractivity contribution in [1.82, 2.24) is 0 Å². The number of carbonyl (C=O) groups excluding carboxylic acids is 2. The number of anilines is 1. The summed E-state index contributed by atoms with van der Waals surface area (Å²) in [6, 6.07) is 5.65. The standard InChI is InChI=1S/C17H17NO4/c1-9-3-4-11(10(2)7-9)18-15(20)13-12-5-6-17(8-19,22-12)14(13)16(18)21/h3-7,12-14,19H,8H2,1-2H3/t12-,13+,14-,17-/m0/s1. The van der Waals surface area contributed by atoms with Gasteiger partial charge in [-0.25, -0.2) is 4.90 Å². The fourth-order valence-corrected chi connectivity index (χ4v) is 3.98. The van der Waals surface area contributed by atoms with Crippen LogP contribution in [-0.4, -0.2) is 35.2 Å². The molecule has 2 fully saturated rings. The Morgan fingerprint density at radius 1 is 1.27 bits per heavy atom. The molecule has 3 heterocycles. The molecular weight excluding hydrogens is 282 g/mol. The molecule has 2 amide bonds. The summed E-state index contributed by atoms with van der Waals surface area (Å²) >= 11 is 0. The lowest BCUT2D eigenvalue weighted by molar-refractivity contribution is -0.128. The summed E-state index contributed by atoms with van der Waals surface area (Å²) in [5.41, 5.74) is 1.57. The molecule has 2 bridgehead atoms. The van der Waals surface area contributed by atoms with Gasteiger partial charge in [0.25, 0.3) is 0 Å². The average Bonchev–Trinajstić information content (AvgIpc) is 3.12. The molecular formula is C17H17NO4. The number of aliphatic hydroxyl groups excluding tert-OH is 1. The molecule has 1 aromatic carbocycles. The van der Waals surface area contributed by atoms with Gasteiger partial charge in [0.15, 0.2) is 0 Å². The second-order valence-electron chi connectivity index (χ2n) is 6.36. The van der Waals surface area contributed by atoms with Crippen molar-refractivity contribution in [2.24, 2.45) is 11.8 Å². The zero-order valence-corrected chi connectivity index (χ0v) is 12.4. The molecule has 0 spiro atoms. The predicted octanol–water partition coefficient (Wildman–Crippen LogP) is 1.11. The van der Waals surface area contributed by atoms with E-state index < -0.39 is 23.5 Å². The van der Waals surface area contributed by atoms with Crippen LogP contribution in [-0.2, 0) is 14.3 Å². The quantitative estimate of drug-likeness (QED) is 0.656. The largest absolute Gasteiger partial charge is 0.393 e. The third kappa shape index (κ3) is 1.50. The highest BCUT2D eigenvalue weighted by Gasteiger charge is 2.67. The molecule has 1 N–H and O–H groups in total. The van der Waals surface area contributed by atoms with Crippen LogP contribution in [0, 0.1) is 25.7 Å². The van der Waals surface area contributed by atoms with Crippen molar-refractivity contribution in [2.75, 3.05) is 11.5 Å². The molecule has 22 heavy (non-hydrogen) atoms. The number of rotatable bonds is 2. The smallest absolute Gasteiger partial charge is 0.241 e. The van der Waals surface area contributed by atoms with Crippen LogP contribution in [0.25, 0.3) is 0 Å². The molecule has 4 atom stereocenters. The highest BCUT2D eigenvalue weighted by atomic mass is 16.5. The van der Waals surface area contributed by atoms with E-state index in [4.69, 9.17) is 4.74 Å². The van der Waals surface area contributed by atoms with Gasteiger partial charge in [0.1, 0.15) is 5.60 Å². The van der Waals surface area contributed by atoms with E-state index in [1.54, 1.807) is 12.2 Å². The fourth-order valence-electron chi connectivity index (χ4n) is 3.98. The van der Waals surface area contributed by atoms with Crippen LogP contribution >= 0.6 is 0 Å². The maximum Gasteiger partial charge on any atom is 0.241 e. The van der Waals surface area contributed by atoms with Crippen LogP contribution in [0.5, 0.6) is 0 Å². The average molecular weight is 299 g/mol. The Morgan fingerprint density at radius 2 is 2.05 bits per heavy atom. The minimum absolute atomic E-state index is 0.230. The topological polar surface area (TPSA) is 66.8 Å². The third-order valence-electron chi connectivity index (χ3n) is 5.00. The minimum Gasteiger partial charge on any atom is -0.393 e. The number of hydrogen-bond acceptors (Lipinski definition) is 4. The van der Waals surface area contributed by atoms with Crippen LogP contribution in [0.1, 0.15) is 11.1 Å². The SMILES string of the molecule is Cc1ccc(N2C(=O)[C@@H]3[C@@H]4C=C[C@@](CO)(O4)[C@@H]3C2=O)c(C)c1. The number of ether oxygens (including phenoxy) is 1. The number of benzene rings is 1. The van der Waals surface area contributed by atoms with Gasteiger partial charge in [0.2, 0.25) is 11.8 Å². The summed E-state index contributed by atoms with van der Waals surface area (Å²) in [7, 11) is 0. The van der Waals surface area contributed by atoms with Gasteiger partial charge in [0, 0.05) is 0 Å². The Kier molecular flexibility index (Phi) is 2.65. The second kappa shape index (κ2) is 4.27. The van der Waals surface area contributed by atoms with E-state index in [1.807, 2.05) is 32.0 Å². The molecule has 0 unspecified atom stereocenters. The Bertz CT molecular complexity index is 725. The number of nitrogens with zero attached hydrogens (tertiary/aromatic N) is 1. The number of hydrogen-bond donors (Lipinski definition) is 1. The van der Waals surface area contributed by atoms with Crippen molar-refractivity contribution >= 4 is 17.5 Å². The van der Waals surface area contributed by atoms with Gasteiger partial charge in [0.05, 0.1) is 30.2 Å². The van der Waals surface area contributed by atoms with Crippen LogP contribution < -0.4 is 4.90 Å². The molecule has 5 nitrogen and oxygen atoms in total. The number of fused-ring (bicyclic) bond motifs is 5. The molecule has 0 aromatic heterocycles. The van der Waals surface area contributed by atoms with Gasteiger partial charge in [-0.2, -0.15) is 0 Å². The summed E-state index contributed by atoms with van der Waals surface area (Å²) in [6.45, 7) is 3.57. The number of amides is 2. The Labute approximate surface area is 128 Å². The minimum atomic E-state index is -1.03.